The third kappa shape index (κ3) is 2.34. The van der Waals surface area contributed by atoms with Crippen molar-refractivity contribution in [3.63, 3.8) is 0 Å². The predicted molar refractivity (Wildman–Crippen MR) is 87.6 cm³/mol. The maximum absolute atomic E-state index is 12.7. The molecule has 0 bridgehead atoms. The molecule has 1 aromatic carbocycles. The quantitative estimate of drug-likeness (QED) is 0.927. The van der Waals surface area contributed by atoms with Crippen LogP contribution in [-0.4, -0.2) is 34.9 Å². The third-order valence-electron chi connectivity index (χ3n) is 4.94. The van der Waals surface area contributed by atoms with Crippen LogP contribution in [0.4, 0.5) is 0 Å². The summed E-state index contributed by atoms with van der Waals surface area (Å²) in [6.45, 7) is 1.67. The summed E-state index contributed by atoms with van der Waals surface area (Å²) < 4.78 is 0. The standard InChI is InChI=1S/C17H19N3OS/c18-14-7-6-12-9-20(10-13(12)14)17(21)15-8-19-16(22-15)11-4-2-1-3-5-11/h1-5,8,12-14H,6-7,9-10,18H2. The first kappa shape index (κ1) is 13.9. The molecule has 0 radical (unpaired) electrons. The Kier molecular flexibility index (Phi) is 3.47. The Morgan fingerprint density at radius 1 is 1.23 bits per heavy atom. The molecule has 1 saturated carbocycles. The van der Waals surface area contributed by atoms with Gasteiger partial charge in [0.15, 0.2) is 0 Å². The summed E-state index contributed by atoms with van der Waals surface area (Å²) >= 11 is 1.48. The molecule has 4 rings (SSSR count). The van der Waals surface area contributed by atoms with Gasteiger partial charge in [-0.05, 0) is 24.7 Å². The molecule has 0 spiro atoms. The second kappa shape index (κ2) is 5.48. The number of rotatable bonds is 2. The molecule has 2 heterocycles. The number of amides is 1. The lowest BCUT2D eigenvalue weighted by molar-refractivity contribution is 0.0784. The van der Waals surface area contributed by atoms with E-state index in [9.17, 15) is 4.79 Å². The van der Waals surface area contributed by atoms with E-state index in [1.807, 2.05) is 35.2 Å². The zero-order valence-corrected chi connectivity index (χ0v) is 13.1. The van der Waals surface area contributed by atoms with Crippen LogP contribution >= 0.6 is 11.3 Å². The zero-order valence-electron chi connectivity index (χ0n) is 12.3. The molecule has 2 aromatic rings. The molecule has 3 atom stereocenters. The maximum atomic E-state index is 12.7. The van der Waals surface area contributed by atoms with Gasteiger partial charge in [-0.2, -0.15) is 0 Å². The van der Waals surface area contributed by atoms with E-state index >= 15 is 0 Å². The van der Waals surface area contributed by atoms with Crippen LogP contribution in [0, 0.1) is 11.8 Å². The molecule has 1 aliphatic carbocycles. The summed E-state index contributed by atoms with van der Waals surface area (Å²) in [6.07, 6.45) is 3.98. The Balaban J connectivity index is 1.51. The molecular formula is C17H19N3OS. The molecule has 1 saturated heterocycles. The molecule has 1 aromatic heterocycles. The second-order valence-corrected chi connectivity index (χ2v) is 7.30. The van der Waals surface area contributed by atoms with Crippen molar-refractivity contribution in [2.75, 3.05) is 13.1 Å². The molecule has 114 valence electrons. The number of aromatic nitrogens is 1. The van der Waals surface area contributed by atoms with E-state index < -0.39 is 0 Å². The van der Waals surface area contributed by atoms with Crippen LogP contribution in [0.15, 0.2) is 36.5 Å². The highest BCUT2D eigenvalue weighted by molar-refractivity contribution is 7.16. The van der Waals surface area contributed by atoms with Gasteiger partial charge < -0.3 is 10.6 Å². The number of nitrogens with two attached hydrogens (primary N) is 1. The number of carbonyl (C=O) groups excluding carboxylic acids is 1. The van der Waals surface area contributed by atoms with E-state index in [4.69, 9.17) is 5.73 Å². The van der Waals surface area contributed by atoms with Crippen LogP contribution < -0.4 is 5.73 Å². The van der Waals surface area contributed by atoms with Crippen molar-refractivity contribution in [1.82, 2.24) is 9.88 Å². The highest BCUT2D eigenvalue weighted by Gasteiger charge is 2.42. The first-order chi connectivity index (χ1) is 10.7. The fourth-order valence-corrected chi connectivity index (χ4v) is 4.61. The molecule has 2 aliphatic rings. The van der Waals surface area contributed by atoms with Gasteiger partial charge in [0.05, 0.1) is 6.20 Å². The summed E-state index contributed by atoms with van der Waals surface area (Å²) in [5, 5.41) is 0.903. The van der Waals surface area contributed by atoms with Crippen LogP contribution in [0.3, 0.4) is 0 Å². The second-order valence-electron chi connectivity index (χ2n) is 6.27. The smallest absolute Gasteiger partial charge is 0.265 e. The topological polar surface area (TPSA) is 59.2 Å². The van der Waals surface area contributed by atoms with E-state index in [2.05, 4.69) is 4.98 Å². The summed E-state index contributed by atoms with van der Waals surface area (Å²) in [6, 6.07) is 10.3. The van der Waals surface area contributed by atoms with Crippen LogP contribution in [0.25, 0.3) is 10.6 Å². The first-order valence-electron chi connectivity index (χ1n) is 7.78. The van der Waals surface area contributed by atoms with Gasteiger partial charge in [-0.3, -0.25) is 4.79 Å². The normalized spacial score (nSPS) is 27.1. The Labute approximate surface area is 134 Å². The van der Waals surface area contributed by atoms with Crippen molar-refractivity contribution in [1.29, 1.82) is 0 Å². The van der Waals surface area contributed by atoms with Crippen molar-refractivity contribution >= 4 is 17.2 Å². The van der Waals surface area contributed by atoms with E-state index in [1.54, 1.807) is 6.20 Å². The van der Waals surface area contributed by atoms with Crippen LogP contribution in [0.1, 0.15) is 22.5 Å². The molecule has 2 fully saturated rings. The molecule has 22 heavy (non-hydrogen) atoms. The first-order valence-corrected chi connectivity index (χ1v) is 8.60. The van der Waals surface area contributed by atoms with Crippen molar-refractivity contribution in [3.8, 4) is 10.6 Å². The Bertz CT molecular complexity index is 684. The third-order valence-corrected chi connectivity index (χ3v) is 5.97. The van der Waals surface area contributed by atoms with Crippen molar-refractivity contribution in [3.05, 3.63) is 41.4 Å². The van der Waals surface area contributed by atoms with E-state index in [0.717, 1.165) is 41.4 Å². The monoisotopic (exact) mass is 313 g/mol. The summed E-state index contributed by atoms with van der Waals surface area (Å²) in [4.78, 5) is 19.8. The van der Waals surface area contributed by atoms with Gasteiger partial charge in [-0.15, -0.1) is 11.3 Å². The molecule has 4 nitrogen and oxygen atoms in total. The van der Waals surface area contributed by atoms with Crippen LogP contribution in [0.2, 0.25) is 0 Å². The van der Waals surface area contributed by atoms with Crippen LogP contribution in [-0.2, 0) is 0 Å². The lowest BCUT2D eigenvalue weighted by atomic mass is 9.98. The molecule has 3 unspecified atom stereocenters. The van der Waals surface area contributed by atoms with Gasteiger partial charge in [0, 0.05) is 24.7 Å². The molecule has 1 aliphatic heterocycles. The van der Waals surface area contributed by atoms with E-state index in [-0.39, 0.29) is 11.9 Å². The van der Waals surface area contributed by atoms with Crippen molar-refractivity contribution < 1.29 is 4.79 Å². The average Bonchev–Trinajstić information content (AvgIpc) is 3.25. The fraction of sp³-hybridized carbons (Fsp3) is 0.412. The average molecular weight is 313 g/mol. The van der Waals surface area contributed by atoms with Gasteiger partial charge in [0.25, 0.3) is 5.91 Å². The number of nitrogens with zero attached hydrogens (tertiary/aromatic N) is 2. The minimum absolute atomic E-state index is 0.112. The Morgan fingerprint density at radius 3 is 2.82 bits per heavy atom. The lowest BCUT2D eigenvalue weighted by Gasteiger charge is -2.17. The van der Waals surface area contributed by atoms with Gasteiger partial charge in [0.1, 0.15) is 9.88 Å². The predicted octanol–water partition coefficient (Wildman–Crippen LogP) is 2.62. The highest BCUT2D eigenvalue weighted by Crippen LogP contribution is 2.38. The number of hydrogen-bond acceptors (Lipinski definition) is 4. The number of thiazole rings is 1. The number of fused-ring (bicyclic) bond motifs is 1. The minimum Gasteiger partial charge on any atom is -0.337 e. The molecule has 1 amide bonds. The van der Waals surface area contributed by atoms with Gasteiger partial charge in [0.2, 0.25) is 0 Å². The molecular weight excluding hydrogens is 294 g/mol. The van der Waals surface area contributed by atoms with Gasteiger partial charge in [-0.25, -0.2) is 4.98 Å². The van der Waals surface area contributed by atoms with E-state index in [0.29, 0.717) is 11.8 Å². The largest absolute Gasteiger partial charge is 0.337 e. The SMILES string of the molecule is NC1CCC2CN(C(=O)c3cnc(-c4ccccc4)s3)CC12. The number of likely N-dealkylation sites (tertiary alicyclic amines) is 1. The highest BCUT2D eigenvalue weighted by atomic mass is 32.1. The number of benzene rings is 1. The minimum atomic E-state index is 0.112. The Hall–Kier alpha value is -1.72. The summed E-state index contributed by atoms with van der Waals surface area (Å²) in [5.74, 6) is 1.20. The van der Waals surface area contributed by atoms with Crippen molar-refractivity contribution in [2.24, 2.45) is 17.6 Å². The zero-order chi connectivity index (χ0) is 15.1. The lowest BCUT2D eigenvalue weighted by Crippen LogP contribution is -2.33. The van der Waals surface area contributed by atoms with E-state index in [1.165, 1.54) is 11.3 Å². The molecule has 2 N–H and O–H groups in total. The number of carbonyl (C=O) groups is 1. The van der Waals surface area contributed by atoms with Gasteiger partial charge >= 0.3 is 0 Å². The molecule has 5 heteroatoms. The number of hydrogen-bond donors (Lipinski definition) is 1. The van der Waals surface area contributed by atoms with Crippen molar-refractivity contribution in [2.45, 2.75) is 18.9 Å². The summed E-state index contributed by atoms with van der Waals surface area (Å²) in [5.41, 5.74) is 7.22. The van der Waals surface area contributed by atoms with Gasteiger partial charge in [-0.1, -0.05) is 30.3 Å². The summed E-state index contributed by atoms with van der Waals surface area (Å²) in [7, 11) is 0. The Morgan fingerprint density at radius 2 is 2.05 bits per heavy atom. The fourth-order valence-electron chi connectivity index (χ4n) is 3.72. The maximum Gasteiger partial charge on any atom is 0.265 e. The van der Waals surface area contributed by atoms with Crippen LogP contribution in [0.5, 0.6) is 0 Å².